The number of nitrogens with zero attached hydrogens (tertiary/aromatic N) is 1. The van der Waals surface area contributed by atoms with Crippen LogP contribution in [0.25, 0.3) is 0 Å². The largest absolute Gasteiger partial charge is 0.329 e. The van der Waals surface area contributed by atoms with Crippen LogP contribution < -0.4 is 5.73 Å². The van der Waals surface area contributed by atoms with Gasteiger partial charge in [0.2, 0.25) is 0 Å². The van der Waals surface area contributed by atoms with Gasteiger partial charge in [-0.05, 0) is 38.1 Å². The van der Waals surface area contributed by atoms with Crippen molar-refractivity contribution in [3.63, 3.8) is 0 Å². The van der Waals surface area contributed by atoms with Crippen molar-refractivity contribution < 1.29 is 0 Å². The molecule has 2 nitrogen and oxygen atoms in total. The Bertz CT molecular complexity index is 219. The minimum atomic E-state index is 0.365. The molecule has 1 atom stereocenters. The van der Waals surface area contributed by atoms with Crippen LogP contribution in [-0.2, 0) is 0 Å². The van der Waals surface area contributed by atoms with E-state index in [-0.39, 0.29) is 0 Å². The zero-order valence-electron chi connectivity index (χ0n) is 11.0. The predicted octanol–water partition coefficient (Wildman–Crippen LogP) is 2.77. The standard InChI is InChI=1S/C14H28N2/c1-12(2)13-7-6-10-16(13)14(11-15)8-4-3-5-9-14/h12-13H,3-11,15H2,1-2H3. The molecule has 2 N–H and O–H groups in total. The Morgan fingerprint density at radius 3 is 2.44 bits per heavy atom. The van der Waals surface area contributed by atoms with Crippen LogP contribution >= 0.6 is 0 Å². The maximum absolute atomic E-state index is 6.14. The SMILES string of the molecule is CC(C)C1CCCN1C1(CN)CCCCC1. The van der Waals surface area contributed by atoms with Crippen LogP contribution in [0.15, 0.2) is 0 Å². The van der Waals surface area contributed by atoms with Crippen molar-refractivity contribution in [1.29, 1.82) is 0 Å². The molecule has 0 spiro atoms. The first-order valence-corrected chi connectivity index (χ1v) is 7.16. The fraction of sp³-hybridized carbons (Fsp3) is 1.00. The minimum absolute atomic E-state index is 0.365. The van der Waals surface area contributed by atoms with Gasteiger partial charge in [0.1, 0.15) is 0 Å². The van der Waals surface area contributed by atoms with Crippen molar-refractivity contribution in [3.8, 4) is 0 Å². The molecule has 0 amide bonds. The maximum Gasteiger partial charge on any atom is 0.0334 e. The van der Waals surface area contributed by atoms with Crippen LogP contribution in [0.1, 0.15) is 58.8 Å². The zero-order valence-corrected chi connectivity index (χ0v) is 11.0. The smallest absolute Gasteiger partial charge is 0.0334 e. The van der Waals surface area contributed by atoms with E-state index < -0.39 is 0 Å². The third kappa shape index (κ3) is 2.14. The van der Waals surface area contributed by atoms with Crippen LogP contribution in [0.2, 0.25) is 0 Å². The maximum atomic E-state index is 6.14. The fourth-order valence-corrected chi connectivity index (χ4v) is 3.89. The summed E-state index contributed by atoms with van der Waals surface area (Å²) in [4.78, 5) is 2.79. The summed E-state index contributed by atoms with van der Waals surface area (Å²) in [7, 11) is 0. The number of rotatable bonds is 3. The first-order chi connectivity index (χ1) is 7.69. The lowest BCUT2D eigenvalue weighted by Crippen LogP contribution is -2.57. The molecule has 1 unspecified atom stereocenters. The Labute approximate surface area is 101 Å². The van der Waals surface area contributed by atoms with Crippen molar-refractivity contribution in [2.45, 2.75) is 70.4 Å². The molecule has 2 rings (SSSR count). The molecule has 1 saturated carbocycles. The van der Waals surface area contributed by atoms with Crippen molar-refractivity contribution >= 4 is 0 Å². The molecule has 1 heterocycles. The average Bonchev–Trinajstić information content (AvgIpc) is 2.79. The molecule has 1 saturated heterocycles. The molecule has 0 bridgehead atoms. The molecule has 1 aliphatic heterocycles. The third-order valence-electron chi connectivity index (χ3n) is 4.84. The van der Waals surface area contributed by atoms with E-state index in [0.717, 1.165) is 18.5 Å². The van der Waals surface area contributed by atoms with Crippen molar-refractivity contribution in [1.82, 2.24) is 4.90 Å². The zero-order chi connectivity index (χ0) is 11.6. The second kappa shape index (κ2) is 5.05. The van der Waals surface area contributed by atoms with Gasteiger partial charge in [-0.25, -0.2) is 0 Å². The van der Waals surface area contributed by atoms with Gasteiger partial charge in [-0.1, -0.05) is 33.1 Å². The molecule has 0 aromatic rings. The van der Waals surface area contributed by atoms with Crippen molar-refractivity contribution in [3.05, 3.63) is 0 Å². The van der Waals surface area contributed by atoms with Crippen LogP contribution in [0.4, 0.5) is 0 Å². The van der Waals surface area contributed by atoms with E-state index in [1.807, 2.05) is 0 Å². The fourth-order valence-electron chi connectivity index (χ4n) is 3.89. The summed E-state index contributed by atoms with van der Waals surface area (Å²) in [5.74, 6) is 0.785. The van der Waals surface area contributed by atoms with Crippen LogP contribution in [0.3, 0.4) is 0 Å². The number of hydrogen-bond donors (Lipinski definition) is 1. The van der Waals surface area contributed by atoms with E-state index >= 15 is 0 Å². The topological polar surface area (TPSA) is 29.3 Å². The van der Waals surface area contributed by atoms with E-state index in [4.69, 9.17) is 5.73 Å². The van der Waals surface area contributed by atoms with E-state index in [1.165, 1.54) is 51.5 Å². The van der Waals surface area contributed by atoms with Gasteiger partial charge in [0.05, 0.1) is 0 Å². The van der Waals surface area contributed by atoms with Crippen LogP contribution in [0.5, 0.6) is 0 Å². The first-order valence-electron chi connectivity index (χ1n) is 7.16. The molecule has 2 heteroatoms. The van der Waals surface area contributed by atoms with Gasteiger partial charge in [-0.15, -0.1) is 0 Å². The summed E-state index contributed by atoms with van der Waals surface area (Å²) < 4.78 is 0. The predicted molar refractivity (Wildman–Crippen MR) is 69.4 cm³/mol. The summed E-state index contributed by atoms with van der Waals surface area (Å²) >= 11 is 0. The molecule has 0 radical (unpaired) electrons. The Kier molecular flexibility index (Phi) is 3.91. The van der Waals surface area contributed by atoms with Gasteiger partial charge in [0, 0.05) is 18.1 Å². The average molecular weight is 224 g/mol. The summed E-state index contributed by atoms with van der Waals surface area (Å²) in [6.07, 6.45) is 9.64. The number of nitrogens with two attached hydrogens (primary N) is 1. The molecular formula is C14H28N2. The summed E-state index contributed by atoms with van der Waals surface area (Å²) in [5, 5.41) is 0. The van der Waals surface area contributed by atoms with E-state index in [2.05, 4.69) is 18.7 Å². The van der Waals surface area contributed by atoms with E-state index in [0.29, 0.717) is 5.54 Å². The lowest BCUT2D eigenvalue weighted by molar-refractivity contribution is 0.0298. The highest BCUT2D eigenvalue weighted by Crippen LogP contribution is 2.39. The van der Waals surface area contributed by atoms with Crippen LogP contribution in [-0.4, -0.2) is 29.6 Å². The van der Waals surface area contributed by atoms with Gasteiger partial charge in [-0.3, -0.25) is 4.90 Å². The van der Waals surface area contributed by atoms with Gasteiger partial charge in [0.15, 0.2) is 0 Å². The third-order valence-corrected chi connectivity index (χ3v) is 4.84. The first kappa shape index (κ1) is 12.4. The highest BCUT2D eigenvalue weighted by molar-refractivity contribution is 4.99. The highest BCUT2D eigenvalue weighted by Gasteiger charge is 2.42. The minimum Gasteiger partial charge on any atom is -0.329 e. The monoisotopic (exact) mass is 224 g/mol. The molecule has 16 heavy (non-hydrogen) atoms. The van der Waals surface area contributed by atoms with Crippen molar-refractivity contribution in [2.24, 2.45) is 11.7 Å². The molecule has 2 fully saturated rings. The highest BCUT2D eigenvalue weighted by atomic mass is 15.3. The molecule has 0 aromatic heterocycles. The Balaban J connectivity index is 2.12. The Morgan fingerprint density at radius 1 is 1.19 bits per heavy atom. The van der Waals surface area contributed by atoms with E-state index in [9.17, 15) is 0 Å². The summed E-state index contributed by atoms with van der Waals surface area (Å²) in [6.45, 7) is 6.91. The molecule has 0 aromatic carbocycles. The molecule has 2 aliphatic rings. The van der Waals surface area contributed by atoms with E-state index in [1.54, 1.807) is 0 Å². The number of likely N-dealkylation sites (tertiary alicyclic amines) is 1. The summed E-state index contributed by atoms with van der Waals surface area (Å²) in [5.41, 5.74) is 6.50. The summed E-state index contributed by atoms with van der Waals surface area (Å²) in [6, 6.07) is 0.793. The van der Waals surface area contributed by atoms with Gasteiger partial charge >= 0.3 is 0 Å². The Hall–Kier alpha value is -0.0800. The number of hydrogen-bond acceptors (Lipinski definition) is 2. The lowest BCUT2D eigenvalue weighted by Gasteiger charge is -2.48. The lowest BCUT2D eigenvalue weighted by atomic mass is 9.79. The molecular weight excluding hydrogens is 196 g/mol. The van der Waals surface area contributed by atoms with Gasteiger partial charge in [-0.2, -0.15) is 0 Å². The quantitative estimate of drug-likeness (QED) is 0.798. The molecule has 94 valence electrons. The van der Waals surface area contributed by atoms with Gasteiger partial charge in [0.25, 0.3) is 0 Å². The van der Waals surface area contributed by atoms with Crippen molar-refractivity contribution in [2.75, 3.05) is 13.1 Å². The Morgan fingerprint density at radius 2 is 1.88 bits per heavy atom. The second-order valence-electron chi connectivity index (χ2n) is 6.14. The van der Waals surface area contributed by atoms with Gasteiger partial charge < -0.3 is 5.73 Å². The van der Waals surface area contributed by atoms with Crippen LogP contribution in [0, 0.1) is 5.92 Å². The second-order valence-corrected chi connectivity index (χ2v) is 6.14. The normalized spacial score (nSPS) is 31.1. The molecule has 1 aliphatic carbocycles.